The molecule has 8 heteroatoms. The van der Waals surface area contributed by atoms with Crippen molar-refractivity contribution < 1.29 is 24.2 Å². The SMILES string of the molecule is Nc1[nH]c(=O)c(C(=O)O)c(-c2ccccc2F)c1C(=O)O. The molecule has 2 aromatic rings. The molecule has 108 valence electrons. The van der Waals surface area contributed by atoms with Crippen molar-refractivity contribution in [2.24, 2.45) is 0 Å². The number of carboxylic acid groups (broad SMARTS) is 2. The molecule has 5 N–H and O–H groups in total. The van der Waals surface area contributed by atoms with Gasteiger partial charge in [0.25, 0.3) is 5.56 Å². The molecule has 1 aromatic carbocycles. The zero-order valence-electron chi connectivity index (χ0n) is 10.4. The molecule has 7 nitrogen and oxygen atoms in total. The average molecular weight is 292 g/mol. The predicted molar refractivity (Wildman–Crippen MR) is 70.8 cm³/mol. The van der Waals surface area contributed by atoms with E-state index in [4.69, 9.17) is 10.8 Å². The van der Waals surface area contributed by atoms with E-state index in [2.05, 4.69) is 0 Å². The number of nitrogens with two attached hydrogens (primary N) is 1. The highest BCUT2D eigenvalue weighted by molar-refractivity contribution is 6.07. The van der Waals surface area contributed by atoms with E-state index in [1.165, 1.54) is 18.2 Å². The van der Waals surface area contributed by atoms with Gasteiger partial charge in [-0.25, -0.2) is 14.0 Å². The Morgan fingerprint density at radius 2 is 1.67 bits per heavy atom. The van der Waals surface area contributed by atoms with E-state index in [1.807, 2.05) is 4.98 Å². The number of carbonyl (C=O) groups is 2. The molecule has 0 unspecified atom stereocenters. The molecule has 0 aliphatic rings. The minimum absolute atomic E-state index is 0.329. The summed E-state index contributed by atoms with van der Waals surface area (Å²) in [5.41, 5.74) is 1.88. The number of aromatic carboxylic acids is 2. The number of benzene rings is 1. The van der Waals surface area contributed by atoms with Crippen LogP contribution in [0.4, 0.5) is 10.2 Å². The summed E-state index contributed by atoms with van der Waals surface area (Å²) < 4.78 is 13.9. The number of hydrogen-bond donors (Lipinski definition) is 4. The minimum Gasteiger partial charge on any atom is -0.478 e. The highest BCUT2D eigenvalue weighted by atomic mass is 19.1. The van der Waals surface area contributed by atoms with Gasteiger partial charge in [-0.15, -0.1) is 0 Å². The molecule has 0 aliphatic heterocycles. The van der Waals surface area contributed by atoms with Crippen LogP contribution in [0.2, 0.25) is 0 Å². The number of aromatic amines is 1. The van der Waals surface area contributed by atoms with Crippen LogP contribution in [0.5, 0.6) is 0 Å². The Morgan fingerprint density at radius 1 is 1.10 bits per heavy atom. The quantitative estimate of drug-likeness (QED) is 0.670. The van der Waals surface area contributed by atoms with E-state index < -0.39 is 45.8 Å². The number of nitrogens with one attached hydrogen (secondary N) is 1. The van der Waals surface area contributed by atoms with E-state index in [0.717, 1.165) is 6.07 Å². The van der Waals surface area contributed by atoms with E-state index >= 15 is 0 Å². The number of H-pyrrole nitrogens is 1. The van der Waals surface area contributed by atoms with Gasteiger partial charge in [-0.1, -0.05) is 18.2 Å². The molecule has 0 amide bonds. The lowest BCUT2D eigenvalue weighted by atomic mass is 9.95. The summed E-state index contributed by atoms with van der Waals surface area (Å²) >= 11 is 0. The van der Waals surface area contributed by atoms with Gasteiger partial charge in [-0.3, -0.25) is 4.79 Å². The molecule has 0 aliphatic carbocycles. The second kappa shape index (κ2) is 5.08. The standard InChI is InChI=1S/C13H9FN2O5/c14-6-4-2-1-3-5(6)7-8(12(18)19)10(15)16-11(17)9(7)13(20)21/h1-4H,(H,18,19)(H,20,21)(H3,15,16,17). The third-order valence-corrected chi connectivity index (χ3v) is 2.82. The van der Waals surface area contributed by atoms with Gasteiger partial charge in [-0.05, 0) is 6.07 Å². The molecule has 1 aromatic heterocycles. The Bertz CT molecular complexity index is 813. The first-order chi connectivity index (χ1) is 9.84. The lowest BCUT2D eigenvalue weighted by Gasteiger charge is -2.12. The molecule has 2 rings (SSSR count). The van der Waals surface area contributed by atoms with Gasteiger partial charge in [0, 0.05) is 11.1 Å². The van der Waals surface area contributed by atoms with Crippen LogP contribution >= 0.6 is 0 Å². The topological polar surface area (TPSA) is 133 Å². The molecule has 1 heterocycles. The summed E-state index contributed by atoms with van der Waals surface area (Å²) in [7, 11) is 0. The van der Waals surface area contributed by atoms with Gasteiger partial charge < -0.3 is 20.9 Å². The summed E-state index contributed by atoms with van der Waals surface area (Å²) in [6, 6.07) is 4.91. The summed E-state index contributed by atoms with van der Waals surface area (Å²) in [5.74, 6) is -4.68. The predicted octanol–water partition coefficient (Wildman–Crippen LogP) is 1.16. The molecule has 0 saturated heterocycles. The summed E-state index contributed by atoms with van der Waals surface area (Å²) in [5, 5.41) is 18.3. The van der Waals surface area contributed by atoms with Crippen molar-refractivity contribution in [2.45, 2.75) is 0 Å². The van der Waals surface area contributed by atoms with Gasteiger partial charge in [0.1, 0.15) is 22.8 Å². The maximum Gasteiger partial charge on any atom is 0.342 e. The van der Waals surface area contributed by atoms with Crippen LogP contribution in [-0.4, -0.2) is 27.1 Å². The van der Waals surface area contributed by atoms with Crippen molar-refractivity contribution in [1.29, 1.82) is 0 Å². The van der Waals surface area contributed by atoms with E-state index in [1.54, 1.807) is 0 Å². The maximum atomic E-state index is 13.9. The molecule has 0 fully saturated rings. The lowest BCUT2D eigenvalue weighted by Crippen LogP contribution is -2.24. The fourth-order valence-corrected chi connectivity index (χ4v) is 1.98. The van der Waals surface area contributed by atoms with E-state index in [-0.39, 0.29) is 5.56 Å². The smallest absolute Gasteiger partial charge is 0.342 e. The van der Waals surface area contributed by atoms with Crippen molar-refractivity contribution in [3.8, 4) is 11.1 Å². The molecule has 0 saturated carbocycles. The summed E-state index contributed by atoms with van der Waals surface area (Å²) in [6.45, 7) is 0. The van der Waals surface area contributed by atoms with E-state index in [9.17, 15) is 23.9 Å². The third-order valence-electron chi connectivity index (χ3n) is 2.82. The summed E-state index contributed by atoms with van der Waals surface area (Å²) in [6.07, 6.45) is 0. The lowest BCUT2D eigenvalue weighted by molar-refractivity contribution is 0.0695. The van der Waals surface area contributed by atoms with Gasteiger partial charge in [0.05, 0.1) is 0 Å². The molecule has 0 atom stereocenters. The fraction of sp³-hybridized carbons (Fsp3) is 0. The highest BCUT2D eigenvalue weighted by Gasteiger charge is 2.27. The number of aromatic nitrogens is 1. The van der Waals surface area contributed by atoms with Crippen LogP contribution in [0.15, 0.2) is 29.1 Å². The first kappa shape index (κ1) is 14.3. The number of anilines is 1. The van der Waals surface area contributed by atoms with Gasteiger partial charge in [-0.2, -0.15) is 0 Å². The Balaban J connectivity index is 3.04. The number of nitrogen functional groups attached to an aromatic ring is 1. The molecular formula is C13H9FN2O5. The Morgan fingerprint density at radius 3 is 2.19 bits per heavy atom. The fourth-order valence-electron chi connectivity index (χ4n) is 1.98. The van der Waals surface area contributed by atoms with Crippen LogP contribution in [0, 0.1) is 5.82 Å². The van der Waals surface area contributed by atoms with Crippen LogP contribution < -0.4 is 11.3 Å². The van der Waals surface area contributed by atoms with Crippen LogP contribution in [-0.2, 0) is 0 Å². The highest BCUT2D eigenvalue weighted by Crippen LogP contribution is 2.30. The van der Waals surface area contributed by atoms with Crippen molar-refractivity contribution in [3.63, 3.8) is 0 Å². The molecule has 0 bridgehead atoms. The number of rotatable bonds is 3. The molecule has 0 spiro atoms. The summed E-state index contributed by atoms with van der Waals surface area (Å²) in [4.78, 5) is 36.2. The van der Waals surface area contributed by atoms with Gasteiger partial charge in [0.2, 0.25) is 0 Å². The zero-order valence-corrected chi connectivity index (χ0v) is 10.4. The normalized spacial score (nSPS) is 10.3. The van der Waals surface area contributed by atoms with Crippen molar-refractivity contribution in [1.82, 2.24) is 4.98 Å². The van der Waals surface area contributed by atoms with Crippen LogP contribution in [0.1, 0.15) is 20.7 Å². The number of pyridine rings is 1. The van der Waals surface area contributed by atoms with Gasteiger partial charge in [0.15, 0.2) is 0 Å². The molecule has 21 heavy (non-hydrogen) atoms. The Kier molecular flexibility index (Phi) is 3.45. The third kappa shape index (κ3) is 2.34. The van der Waals surface area contributed by atoms with Crippen LogP contribution in [0.3, 0.4) is 0 Å². The maximum absolute atomic E-state index is 13.9. The van der Waals surface area contributed by atoms with Crippen molar-refractivity contribution in [2.75, 3.05) is 5.73 Å². The number of halogens is 1. The second-order valence-corrected chi connectivity index (χ2v) is 4.08. The molecule has 0 radical (unpaired) electrons. The molecular weight excluding hydrogens is 283 g/mol. The van der Waals surface area contributed by atoms with Crippen LogP contribution in [0.25, 0.3) is 11.1 Å². The second-order valence-electron chi connectivity index (χ2n) is 4.08. The number of hydrogen-bond acceptors (Lipinski definition) is 4. The Hall–Kier alpha value is -3.16. The van der Waals surface area contributed by atoms with Gasteiger partial charge >= 0.3 is 11.9 Å². The first-order valence-electron chi connectivity index (χ1n) is 5.61. The first-order valence-corrected chi connectivity index (χ1v) is 5.61. The largest absolute Gasteiger partial charge is 0.478 e. The monoisotopic (exact) mass is 292 g/mol. The number of carboxylic acids is 2. The Labute approximate surface area is 116 Å². The van der Waals surface area contributed by atoms with E-state index in [0.29, 0.717) is 0 Å². The minimum atomic E-state index is -1.68. The van der Waals surface area contributed by atoms with Crippen molar-refractivity contribution in [3.05, 3.63) is 51.6 Å². The average Bonchev–Trinajstić information content (AvgIpc) is 2.37. The zero-order chi connectivity index (χ0) is 15.7. The van der Waals surface area contributed by atoms with Crippen molar-refractivity contribution >= 4 is 17.8 Å².